The number of aromatic nitrogens is 1. The first-order valence-corrected chi connectivity index (χ1v) is 8.16. The van der Waals surface area contributed by atoms with Crippen LogP contribution in [0.2, 0.25) is 0 Å². The molecule has 0 aliphatic heterocycles. The molecule has 122 valence electrons. The second-order valence-electron chi connectivity index (χ2n) is 6.50. The lowest BCUT2D eigenvalue weighted by Gasteiger charge is -2.21. The largest absolute Gasteiger partial charge is 0.394 e. The molecule has 0 saturated heterocycles. The Hall–Kier alpha value is -2.14. The van der Waals surface area contributed by atoms with Crippen LogP contribution in [0.25, 0.3) is 10.9 Å². The van der Waals surface area contributed by atoms with Crippen molar-refractivity contribution in [3.05, 3.63) is 35.9 Å². The standard InChI is InChI=1S/C18H23N3O2/c1-11(2)16(10-22)21-17-9-14(18(23)19-12-7-8-12)13-5-3-4-6-15(13)20-17/h3-6,9,11-12,16,22H,7-8,10H2,1-2H3,(H,19,23)(H,20,21)/t16-/m1/s1. The van der Waals surface area contributed by atoms with Gasteiger partial charge < -0.3 is 15.7 Å². The highest BCUT2D eigenvalue weighted by atomic mass is 16.3. The number of hydrogen-bond donors (Lipinski definition) is 3. The SMILES string of the molecule is CC(C)[C@@H](CO)Nc1cc(C(=O)NC2CC2)c2ccccc2n1. The minimum atomic E-state index is -0.0944. The summed E-state index contributed by atoms with van der Waals surface area (Å²) in [7, 11) is 0. The molecule has 23 heavy (non-hydrogen) atoms. The van der Waals surface area contributed by atoms with Gasteiger partial charge >= 0.3 is 0 Å². The zero-order chi connectivity index (χ0) is 16.4. The van der Waals surface area contributed by atoms with Crippen LogP contribution >= 0.6 is 0 Å². The molecule has 2 aromatic rings. The number of nitrogens with zero attached hydrogens (tertiary/aromatic N) is 1. The van der Waals surface area contributed by atoms with E-state index in [0.29, 0.717) is 17.4 Å². The lowest BCUT2D eigenvalue weighted by Crippen LogP contribution is -2.30. The lowest BCUT2D eigenvalue weighted by atomic mass is 10.0. The highest BCUT2D eigenvalue weighted by Crippen LogP contribution is 2.24. The van der Waals surface area contributed by atoms with Crippen LogP contribution < -0.4 is 10.6 Å². The van der Waals surface area contributed by atoms with Gasteiger partial charge in [0, 0.05) is 11.4 Å². The van der Waals surface area contributed by atoms with Crippen LogP contribution in [-0.4, -0.2) is 34.7 Å². The predicted octanol–water partition coefficient (Wildman–Crippen LogP) is 2.56. The molecule has 1 fully saturated rings. The van der Waals surface area contributed by atoms with Gasteiger partial charge in [0.15, 0.2) is 0 Å². The summed E-state index contributed by atoms with van der Waals surface area (Å²) in [5, 5.41) is 16.6. The molecule has 5 heteroatoms. The second kappa shape index (κ2) is 6.54. The number of carbonyl (C=O) groups is 1. The van der Waals surface area contributed by atoms with E-state index in [1.807, 2.05) is 38.1 Å². The Morgan fingerprint density at radius 2 is 2.09 bits per heavy atom. The van der Waals surface area contributed by atoms with Gasteiger partial charge in [0.1, 0.15) is 5.82 Å². The van der Waals surface area contributed by atoms with Gasteiger partial charge in [0.2, 0.25) is 0 Å². The number of hydrogen-bond acceptors (Lipinski definition) is 4. The third-order valence-electron chi connectivity index (χ3n) is 4.21. The van der Waals surface area contributed by atoms with E-state index in [1.54, 1.807) is 6.07 Å². The van der Waals surface area contributed by atoms with E-state index in [0.717, 1.165) is 23.7 Å². The quantitative estimate of drug-likeness (QED) is 0.766. The fraction of sp³-hybridized carbons (Fsp3) is 0.444. The van der Waals surface area contributed by atoms with Crippen LogP contribution in [0.5, 0.6) is 0 Å². The molecule has 0 bridgehead atoms. The van der Waals surface area contributed by atoms with E-state index in [9.17, 15) is 9.90 Å². The Morgan fingerprint density at radius 3 is 2.74 bits per heavy atom. The minimum Gasteiger partial charge on any atom is -0.394 e. The highest BCUT2D eigenvalue weighted by Gasteiger charge is 2.25. The Kier molecular flexibility index (Phi) is 4.48. The Bertz CT molecular complexity index is 710. The number of amides is 1. The van der Waals surface area contributed by atoms with E-state index < -0.39 is 0 Å². The summed E-state index contributed by atoms with van der Waals surface area (Å²) in [5.41, 5.74) is 1.41. The van der Waals surface area contributed by atoms with E-state index in [1.165, 1.54) is 0 Å². The van der Waals surface area contributed by atoms with Crippen molar-refractivity contribution in [2.75, 3.05) is 11.9 Å². The van der Waals surface area contributed by atoms with Gasteiger partial charge in [0.05, 0.1) is 23.7 Å². The van der Waals surface area contributed by atoms with Gasteiger partial charge in [-0.1, -0.05) is 32.0 Å². The Morgan fingerprint density at radius 1 is 1.35 bits per heavy atom. The molecule has 3 rings (SSSR count). The number of benzene rings is 1. The van der Waals surface area contributed by atoms with Crippen LogP contribution in [0.15, 0.2) is 30.3 Å². The molecule has 1 amide bonds. The van der Waals surface area contributed by atoms with Crippen LogP contribution in [0, 0.1) is 5.92 Å². The second-order valence-corrected chi connectivity index (χ2v) is 6.50. The highest BCUT2D eigenvalue weighted by molar-refractivity contribution is 6.07. The maximum Gasteiger partial charge on any atom is 0.252 e. The molecular formula is C18H23N3O2. The summed E-state index contributed by atoms with van der Waals surface area (Å²) in [5.74, 6) is 0.827. The predicted molar refractivity (Wildman–Crippen MR) is 91.6 cm³/mol. The monoisotopic (exact) mass is 313 g/mol. The Labute approximate surface area is 136 Å². The molecule has 3 N–H and O–H groups in total. The Balaban J connectivity index is 1.97. The normalized spacial score (nSPS) is 15.7. The number of fused-ring (bicyclic) bond motifs is 1. The first kappa shape index (κ1) is 15.7. The summed E-state index contributed by atoms with van der Waals surface area (Å²) < 4.78 is 0. The summed E-state index contributed by atoms with van der Waals surface area (Å²) in [4.78, 5) is 17.1. The minimum absolute atomic E-state index is 0.0236. The first-order chi connectivity index (χ1) is 11.1. The smallest absolute Gasteiger partial charge is 0.252 e. The molecule has 1 aromatic carbocycles. The van der Waals surface area contributed by atoms with Crippen molar-refractivity contribution < 1.29 is 9.90 Å². The fourth-order valence-electron chi connectivity index (χ4n) is 2.54. The summed E-state index contributed by atoms with van der Waals surface area (Å²) in [6, 6.07) is 9.64. The van der Waals surface area contributed by atoms with Crippen molar-refractivity contribution in [2.45, 2.75) is 38.8 Å². The van der Waals surface area contributed by atoms with Gasteiger partial charge in [-0.3, -0.25) is 4.79 Å². The maximum atomic E-state index is 12.5. The average Bonchev–Trinajstić information content (AvgIpc) is 3.35. The van der Waals surface area contributed by atoms with E-state index >= 15 is 0 Å². The number of rotatable bonds is 6. The number of anilines is 1. The molecule has 0 radical (unpaired) electrons. The van der Waals surface area contributed by atoms with Gasteiger partial charge in [-0.05, 0) is 30.9 Å². The third-order valence-corrected chi connectivity index (χ3v) is 4.21. The van der Waals surface area contributed by atoms with Gasteiger partial charge in [-0.25, -0.2) is 4.98 Å². The fourth-order valence-corrected chi connectivity index (χ4v) is 2.54. The van der Waals surface area contributed by atoms with Crippen molar-refractivity contribution >= 4 is 22.6 Å². The lowest BCUT2D eigenvalue weighted by molar-refractivity contribution is 0.0952. The molecule has 1 aromatic heterocycles. The van der Waals surface area contributed by atoms with Gasteiger partial charge in [-0.2, -0.15) is 0 Å². The molecule has 5 nitrogen and oxygen atoms in total. The van der Waals surface area contributed by atoms with Crippen molar-refractivity contribution in [1.29, 1.82) is 0 Å². The number of nitrogens with one attached hydrogen (secondary N) is 2. The maximum absolute atomic E-state index is 12.5. The molecule has 1 aliphatic carbocycles. The molecule has 0 unspecified atom stereocenters. The molecule has 1 atom stereocenters. The van der Waals surface area contributed by atoms with Crippen LogP contribution in [0.1, 0.15) is 37.0 Å². The van der Waals surface area contributed by atoms with E-state index in [4.69, 9.17) is 0 Å². The number of pyridine rings is 1. The van der Waals surface area contributed by atoms with Crippen molar-refractivity contribution in [2.24, 2.45) is 5.92 Å². The third kappa shape index (κ3) is 3.62. The van der Waals surface area contributed by atoms with Crippen LogP contribution in [0.4, 0.5) is 5.82 Å². The van der Waals surface area contributed by atoms with Crippen LogP contribution in [-0.2, 0) is 0 Å². The van der Waals surface area contributed by atoms with Crippen molar-refractivity contribution in [3.8, 4) is 0 Å². The molecular weight excluding hydrogens is 290 g/mol. The summed E-state index contributed by atoms with van der Waals surface area (Å²) in [6.07, 6.45) is 2.11. The summed E-state index contributed by atoms with van der Waals surface area (Å²) in [6.45, 7) is 4.10. The zero-order valence-electron chi connectivity index (χ0n) is 13.5. The van der Waals surface area contributed by atoms with Gasteiger partial charge in [-0.15, -0.1) is 0 Å². The summed E-state index contributed by atoms with van der Waals surface area (Å²) >= 11 is 0. The topological polar surface area (TPSA) is 74.2 Å². The average molecular weight is 313 g/mol. The first-order valence-electron chi connectivity index (χ1n) is 8.16. The van der Waals surface area contributed by atoms with E-state index in [2.05, 4.69) is 15.6 Å². The van der Waals surface area contributed by atoms with Crippen LogP contribution in [0.3, 0.4) is 0 Å². The van der Waals surface area contributed by atoms with Gasteiger partial charge in [0.25, 0.3) is 5.91 Å². The number of carbonyl (C=O) groups excluding carboxylic acids is 1. The number of para-hydroxylation sites is 1. The zero-order valence-corrected chi connectivity index (χ0v) is 13.5. The number of aliphatic hydroxyl groups excluding tert-OH is 1. The molecule has 1 aliphatic rings. The van der Waals surface area contributed by atoms with E-state index in [-0.39, 0.29) is 24.5 Å². The molecule has 0 spiro atoms. The molecule has 1 heterocycles. The van der Waals surface area contributed by atoms with Crippen molar-refractivity contribution in [1.82, 2.24) is 10.3 Å². The molecule has 1 saturated carbocycles. The van der Waals surface area contributed by atoms with Crippen molar-refractivity contribution in [3.63, 3.8) is 0 Å². The number of aliphatic hydroxyl groups is 1.